The number of quaternary nitrogens is 1. The maximum atomic E-state index is 6.40. The molecule has 1 aliphatic rings. The predicted molar refractivity (Wildman–Crippen MR) is 68.4 cm³/mol. The smallest absolute Gasteiger partial charge is 0.172 e. The normalized spacial score (nSPS) is 20.4. The van der Waals surface area contributed by atoms with Crippen LogP contribution in [0.5, 0.6) is 0 Å². The summed E-state index contributed by atoms with van der Waals surface area (Å²) in [4.78, 5) is 4.07. The average molecular weight is 261 g/mol. The van der Waals surface area contributed by atoms with Crippen molar-refractivity contribution in [2.24, 2.45) is 5.84 Å². The van der Waals surface area contributed by atoms with Crippen molar-refractivity contribution in [1.82, 2.24) is 9.58 Å². The van der Waals surface area contributed by atoms with Crippen LogP contribution in [0.1, 0.15) is 25.7 Å². The second kappa shape index (κ2) is 4.88. The van der Waals surface area contributed by atoms with E-state index >= 15 is 0 Å². The highest BCUT2D eigenvalue weighted by molar-refractivity contribution is 6.41. The number of nitrogens with zero attached hydrogens (tertiary/aromatic N) is 2. The summed E-state index contributed by atoms with van der Waals surface area (Å²) in [6.45, 7) is 1.89. The molecular formula is C11H16Cl2N3+. The van der Waals surface area contributed by atoms with Gasteiger partial charge in [-0.25, -0.2) is 9.58 Å². The van der Waals surface area contributed by atoms with Crippen LogP contribution in [-0.4, -0.2) is 18.1 Å². The van der Waals surface area contributed by atoms with Gasteiger partial charge in [-0.2, -0.15) is 5.84 Å². The molecule has 1 aromatic rings. The van der Waals surface area contributed by atoms with E-state index in [0.717, 1.165) is 31.6 Å². The van der Waals surface area contributed by atoms with Gasteiger partial charge in [-0.1, -0.05) is 23.2 Å². The number of hydrogen-bond acceptors (Lipinski definition) is 2. The number of aromatic nitrogens is 1. The summed E-state index contributed by atoms with van der Waals surface area (Å²) < 4.78 is 0.434. The van der Waals surface area contributed by atoms with Crippen LogP contribution in [0.2, 0.25) is 10.2 Å². The predicted octanol–water partition coefficient (Wildman–Crippen LogP) is 3.14. The molecular weight excluding hydrogens is 245 g/mol. The molecule has 5 heteroatoms. The molecule has 2 heterocycles. The summed E-state index contributed by atoms with van der Waals surface area (Å²) in [5.41, 5.74) is 0.955. The molecule has 0 saturated carbocycles. The van der Waals surface area contributed by atoms with Crippen molar-refractivity contribution >= 4 is 28.9 Å². The van der Waals surface area contributed by atoms with Crippen LogP contribution in [-0.2, 0) is 0 Å². The largest absolute Gasteiger partial charge is 0.237 e. The summed E-state index contributed by atoms with van der Waals surface area (Å²) in [5.74, 6) is 6.40. The van der Waals surface area contributed by atoms with Gasteiger partial charge in [-0.15, -0.1) is 0 Å². The molecule has 3 nitrogen and oxygen atoms in total. The Bertz CT molecular complexity index is 373. The van der Waals surface area contributed by atoms with Crippen molar-refractivity contribution in [2.45, 2.75) is 25.7 Å². The van der Waals surface area contributed by atoms with Gasteiger partial charge in [-0.05, 0) is 25.7 Å². The maximum absolute atomic E-state index is 6.40. The molecule has 0 spiro atoms. The van der Waals surface area contributed by atoms with E-state index in [9.17, 15) is 0 Å². The van der Waals surface area contributed by atoms with E-state index < -0.39 is 0 Å². The van der Waals surface area contributed by atoms with Crippen LogP contribution in [0.25, 0.3) is 0 Å². The standard InChI is InChI=1S/C11H16Cl2N3/c12-10-7-9(8-15-11(10)13)16(14)5-3-1-2-4-6-16/h7-8H,1-6,14H2/q+1. The lowest BCUT2D eigenvalue weighted by molar-refractivity contribution is 0.291. The van der Waals surface area contributed by atoms with Crippen LogP contribution in [0, 0.1) is 0 Å². The Morgan fingerprint density at radius 1 is 1.12 bits per heavy atom. The quantitative estimate of drug-likeness (QED) is 0.479. The fourth-order valence-corrected chi connectivity index (χ4v) is 2.43. The van der Waals surface area contributed by atoms with Gasteiger partial charge in [0.2, 0.25) is 0 Å². The molecule has 88 valence electrons. The van der Waals surface area contributed by atoms with Gasteiger partial charge in [0.25, 0.3) is 0 Å². The van der Waals surface area contributed by atoms with E-state index in [4.69, 9.17) is 29.0 Å². The minimum atomic E-state index is 0.340. The fraction of sp³-hybridized carbons (Fsp3) is 0.545. The van der Waals surface area contributed by atoms with Crippen molar-refractivity contribution in [2.75, 3.05) is 13.1 Å². The Labute approximate surface area is 106 Å². The Hall–Kier alpha value is -0.350. The topological polar surface area (TPSA) is 38.9 Å². The zero-order chi connectivity index (χ0) is 11.6. The lowest BCUT2D eigenvalue weighted by Crippen LogP contribution is -2.56. The molecule has 0 amide bonds. The molecule has 2 rings (SSSR count). The molecule has 1 aromatic heterocycles. The molecule has 0 bridgehead atoms. The summed E-state index contributed by atoms with van der Waals surface area (Å²) in [5, 5.41) is 0.818. The zero-order valence-corrected chi connectivity index (χ0v) is 10.6. The van der Waals surface area contributed by atoms with E-state index in [1.165, 1.54) is 12.8 Å². The lowest BCUT2D eigenvalue weighted by Gasteiger charge is -2.30. The van der Waals surface area contributed by atoms with Crippen molar-refractivity contribution in [1.29, 1.82) is 0 Å². The minimum absolute atomic E-state index is 0.340. The number of hydrogen-bond donors (Lipinski definition) is 1. The molecule has 0 aromatic carbocycles. The highest BCUT2D eigenvalue weighted by atomic mass is 35.5. The lowest BCUT2D eigenvalue weighted by atomic mass is 10.2. The molecule has 1 aliphatic heterocycles. The third-order valence-electron chi connectivity index (χ3n) is 3.16. The molecule has 0 unspecified atom stereocenters. The maximum Gasteiger partial charge on any atom is 0.172 e. The highest BCUT2D eigenvalue weighted by Crippen LogP contribution is 2.28. The number of halogens is 2. The van der Waals surface area contributed by atoms with Crippen molar-refractivity contribution < 1.29 is 0 Å². The van der Waals surface area contributed by atoms with Gasteiger partial charge in [-0.3, -0.25) is 0 Å². The first-order valence-corrected chi connectivity index (χ1v) is 6.35. The second-order valence-corrected chi connectivity index (χ2v) is 5.13. The zero-order valence-electron chi connectivity index (χ0n) is 9.13. The molecule has 2 N–H and O–H groups in total. The summed E-state index contributed by atoms with van der Waals surface area (Å²) in [6, 6.07) is 1.84. The van der Waals surface area contributed by atoms with Gasteiger partial charge >= 0.3 is 0 Å². The van der Waals surface area contributed by atoms with Crippen molar-refractivity contribution in [3.8, 4) is 0 Å². The molecule has 0 atom stereocenters. The van der Waals surface area contributed by atoms with Crippen molar-refractivity contribution in [3.05, 3.63) is 22.4 Å². The number of nitrogens with two attached hydrogens (primary N) is 1. The van der Waals surface area contributed by atoms with E-state index in [-0.39, 0.29) is 0 Å². The summed E-state index contributed by atoms with van der Waals surface area (Å²) >= 11 is 11.8. The Morgan fingerprint density at radius 2 is 1.75 bits per heavy atom. The first kappa shape index (κ1) is 12.1. The van der Waals surface area contributed by atoms with Gasteiger partial charge in [0.15, 0.2) is 5.69 Å². The van der Waals surface area contributed by atoms with Crippen LogP contribution in [0.4, 0.5) is 5.69 Å². The van der Waals surface area contributed by atoms with Crippen LogP contribution in [0.15, 0.2) is 12.3 Å². The van der Waals surface area contributed by atoms with E-state index in [2.05, 4.69) is 4.98 Å². The molecule has 0 radical (unpaired) electrons. The number of rotatable bonds is 1. The Kier molecular flexibility index (Phi) is 3.70. The van der Waals surface area contributed by atoms with E-state index in [1.54, 1.807) is 6.20 Å². The van der Waals surface area contributed by atoms with Gasteiger partial charge in [0.1, 0.15) is 18.2 Å². The van der Waals surface area contributed by atoms with Crippen LogP contribution in [0.3, 0.4) is 0 Å². The van der Waals surface area contributed by atoms with Crippen LogP contribution >= 0.6 is 23.2 Å². The second-order valence-electron chi connectivity index (χ2n) is 4.36. The monoisotopic (exact) mass is 260 g/mol. The first-order chi connectivity index (χ1) is 7.62. The van der Waals surface area contributed by atoms with Gasteiger partial charge in [0, 0.05) is 6.07 Å². The number of pyridine rings is 1. The molecule has 16 heavy (non-hydrogen) atoms. The van der Waals surface area contributed by atoms with Gasteiger partial charge < -0.3 is 0 Å². The molecule has 1 fully saturated rings. The van der Waals surface area contributed by atoms with E-state index in [1.807, 2.05) is 6.07 Å². The first-order valence-electron chi connectivity index (χ1n) is 5.59. The van der Waals surface area contributed by atoms with E-state index in [0.29, 0.717) is 14.8 Å². The third kappa shape index (κ3) is 2.48. The average Bonchev–Trinajstić information content (AvgIpc) is 2.48. The van der Waals surface area contributed by atoms with Crippen molar-refractivity contribution in [3.63, 3.8) is 0 Å². The highest BCUT2D eigenvalue weighted by Gasteiger charge is 2.28. The minimum Gasteiger partial charge on any atom is -0.237 e. The van der Waals surface area contributed by atoms with Crippen LogP contribution < -0.4 is 10.4 Å². The third-order valence-corrected chi connectivity index (χ3v) is 3.85. The Morgan fingerprint density at radius 3 is 2.31 bits per heavy atom. The SMILES string of the molecule is N[N+]1(c2cnc(Cl)c(Cl)c2)CCCCCC1. The fourth-order valence-electron chi connectivity index (χ4n) is 2.17. The summed E-state index contributed by atoms with van der Waals surface area (Å²) in [7, 11) is 0. The molecule has 0 aliphatic carbocycles. The molecule has 1 saturated heterocycles. The Balaban J connectivity index is 2.29. The summed E-state index contributed by atoms with van der Waals surface area (Å²) in [6.07, 6.45) is 6.55. The van der Waals surface area contributed by atoms with Gasteiger partial charge in [0.05, 0.1) is 11.2 Å².